The van der Waals surface area contributed by atoms with Crippen LogP contribution < -0.4 is 10.5 Å². The van der Waals surface area contributed by atoms with Crippen LogP contribution in [0.3, 0.4) is 0 Å². The van der Waals surface area contributed by atoms with Crippen LogP contribution in [0.4, 0.5) is 0 Å². The van der Waals surface area contributed by atoms with Crippen molar-refractivity contribution in [2.75, 3.05) is 6.54 Å². The summed E-state index contributed by atoms with van der Waals surface area (Å²) in [7, 11) is -3.54. The van der Waals surface area contributed by atoms with Crippen LogP contribution in [0.1, 0.15) is 24.8 Å². The fourth-order valence-corrected chi connectivity index (χ4v) is 4.25. The Bertz CT molecular complexity index is 690. The Kier molecular flexibility index (Phi) is 4.00. The zero-order valence-corrected chi connectivity index (χ0v) is 12.4. The lowest BCUT2D eigenvalue weighted by Crippen LogP contribution is -2.41. The van der Waals surface area contributed by atoms with E-state index in [0.717, 1.165) is 19.3 Å². The van der Waals surface area contributed by atoms with Gasteiger partial charge in [-0.05, 0) is 37.5 Å². The first-order valence-electron chi connectivity index (χ1n) is 7.05. The number of nitrogens with one attached hydrogen (secondary N) is 1. The molecular weight excluding hydrogens is 288 g/mol. The van der Waals surface area contributed by atoms with Crippen LogP contribution in [0.5, 0.6) is 0 Å². The van der Waals surface area contributed by atoms with Crippen molar-refractivity contribution < 1.29 is 13.2 Å². The lowest BCUT2D eigenvalue weighted by molar-refractivity contribution is 0.0996. The van der Waals surface area contributed by atoms with Gasteiger partial charge in [0.1, 0.15) is 0 Å². The van der Waals surface area contributed by atoms with Crippen LogP contribution in [0.2, 0.25) is 0 Å². The highest BCUT2D eigenvalue weighted by atomic mass is 32.2. The van der Waals surface area contributed by atoms with Gasteiger partial charge in [-0.1, -0.05) is 17.9 Å². The fourth-order valence-electron chi connectivity index (χ4n) is 2.92. The molecule has 2 fully saturated rings. The van der Waals surface area contributed by atoms with Crippen LogP contribution in [0.15, 0.2) is 29.2 Å². The fraction of sp³-hybridized carbons (Fsp3) is 0.467. The van der Waals surface area contributed by atoms with Gasteiger partial charge < -0.3 is 10.5 Å². The van der Waals surface area contributed by atoms with Crippen molar-refractivity contribution in [2.45, 2.75) is 42.4 Å². The predicted octanol–water partition coefficient (Wildman–Crippen LogP) is 0.595. The Balaban J connectivity index is 1.78. The number of fused-ring (bicyclic) bond motifs is 2. The molecule has 0 aliphatic carbocycles. The molecule has 2 aliphatic heterocycles. The van der Waals surface area contributed by atoms with Crippen LogP contribution >= 0.6 is 0 Å². The first kappa shape index (κ1) is 14.5. The van der Waals surface area contributed by atoms with Crippen molar-refractivity contribution in [3.05, 3.63) is 29.8 Å². The van der Waals surface area contributed by atoms with E-state index in [1.807, 2.05) is 0 Å². The summed E-state index contributed by atoms with van der Waals surface area (Å²) in [5, 5.41) is 0. The zero-order chi connectivity index (χ0) is 14.9. The Morgan fingerprint density at radius 2 is 2.24 bits per heavy atom. The van der Waals surface area contributed by atoms with E-state index in [9.17, 15) is 8.42 Å². The predicted molar refractivity (Wildman–Crippen MR) is 79.0 cm³/mol. The Labute approximate surface area is 124 Å². The molecule has 0 aromatic heterocycles. The molecule has 2 saturated heterocycles. The summed E-state index contributed by atoms with van der Waals surface area (Å²) in [5.41, 5.74) is 5.97. The van der Waals surface area contributed by atoms with Gasteiger partial charge in [-0.3, -0.25) is 0 Å². The largest absolute Gasteiger partial charge is 0.373 e. The molecule has 2 bridgehead atoms. The molecule has 1 aromatic rings. The number of benzene rings is 1. The number of hydrogen-bond donors (Lipinski definition) is 2. The number of ether oxygens (including phenoxy) is 1. The summed E-state index contributed by atoms with van der Waals surface area (Å²) in [4.78, 5) is 0.231. The van der Waals surface area contributed by atoms with Gasteiger partial charge in [-0.25, -0.2) is 13.1 Å². The monoisotopic (exact) mass is 306 g/mol. The van der Waals surface area contributed by atoms with Crippen LogP contribution in [-0.2, 0) is 14.8 Å². The van der Waals surface area contributed by atoms with Gasteiger partial charge in [0, 0.05) is 5.56 Å². The van der Waals surface area contributed by atoms with Gasteiger partial charge in [0.2, 0.25) is 10.0 Å². The van der Waals surface area contributed by atoms with Crippen LogP contribution in [-0.4, -0.2) is 33.2 Å². The van der Waals surface area contributed by atoms with E-state index in [-0.39, 0.29) is 29.7 Å². The molecule has 3 unspecified atom stereocenters. The zero-order valence-electron chi connectivity index (χ0n) is 11.6. The maximum Gasteiger partial charge on any atom is 0.240 e. The molecule has 6 heteroatoms. The molecule has 0 amide bonds. The molecule has 21 heavy (non-hydrogen) atoms. The Morgan fingerprint density at radius 1 is 1.38 bits per heavy atom. The van der Waals surface area contributed by atoms with Crippen molar-refractivity contribution >= 4 is 10.0 Å². The van der Waals surface area contributed by atoms with Crippen molar-refractivity contribution in [2.24, 2.45) is 5.73 Å². The SMILES string of the molecule is NCC#Cc1cccc(S(=O)(=O)NC2CC3CCC2O3)c1. The summed E-state index contributed by atoms with van der Waals surface area (Å²) < 4.78 is 33.3. The molecule has 0 radical (unpaired) electrons. The molecule has 3 N–H and O–H groups in total. The van der Waals surface area contributed by atoms with E-state index in [4.69, 9.17) is 10.5 Å². The minimum atomic E-state index is -3.54. The number of rotatable bonds is 3. The Morgan fingerprint density at radius 3 is 2.90 bits per heavy atom. The summed E-state index contributed by atoms with van der Waals surface area (Å²) in [5.74, 6) is 5.57. The molecule has 5 nitrogen and oxygen atoms in total. The van der Waals surface area contributed by atoms with Gasteiger partial charge >= 0.3 is 0 Å². The second-order valence-corrected chi connectivity index (χ2v) is 7.09. The van der Waals surface area contributed by atoms with Gasteiger partial charge in [0.25, 0.3) is 0 Å². The van der Waals surface area contributed by atoms with Gasteiger partial charge in [-0.15, -0.1) is 0 Å². The van der Waals surface area contributed by atoms with Crippen molar-refractivity contribution in [3.8, 4) is 11.8 Å². The lowest BCUT2D eigenvalue weighted by Gasteiger charge is -2.20. The topological polar surface area (TPSA) is 81.4 Å². The summed E-state index contributed by atoms with van der Waals surface area (Å²) in [6.07, 6.45) is 2.96. The maximum atomic E-state index is 12.5. The van der Waals surface area contributed by atoms with E-state index in [1.54, 1.807) is 24.3 Å². The van der Waals surface area contributed by atoms with Crippen LogP contribution in [0.25, 0.3) is 0 Å². The molecule has 0 spiro atoms. The number of sulfonamides is 1. The minimum Gasteiger partial charge on any atom is -0.373 e. The van der Waals surface area contributed by atoms with Gasteiger partial charge in [0.15, 0.2) is 0 Å². The standard InChI is InChI=1S/C15H18N2O3S/c16-8-2-4-11-3-1-5-13(9-11)21(18,19)17-14-10-12-6-7-15(14)20-12/h1,3,5,9,12,14-15,17H,6-8,10,16H2. The lowest BCUT2D eigenvalue weighted by atomic mass is 9.96. The molecule has 1 aromatic carbocycles. The van der Waals surface area contributed by atoms with E-state index < -0.39 is 10.0 Å². The normalized spacial score (nSPS) is 27.4. The molecule has 2 heterocycles. The van der Waals surface area contributed by atoms with Crippen LogP contribution in [0, 0.1) is 11.8 Å². The van der Waals surface area contributed by atoms with Gasteiger partial charge in [-0.2, -0.15) is 0 Å². The molecular formula is C15H18N2O3S. The molecule has 0 saturated carbocycles. The number of hydrogen-bond acceptors (Lipinski definition) is 4. The highest BCUT2D eigenvalue weighted by Gasteiger charge is 2.42. The molecule has 3 rings (SSSR count). The minimum absolute atomic E-state index is 0.0185. The molecule has 112 valence electrons. The van der Waals surface area contributed by atoms with Crippen molar-refractivity contribution in [1.82, 2.24) is 4.72 Å². The average Bonchev–Trinajstić information content (AvgIpc) is 3.07. The number of nitrogens with two attached hydrogens (primary N) is 1. The van der Waals surface area contributed by atoms with E-state index in [2.05, 4.69) is 16.6 Å². The van der Waals surface area contributed by atoms with Crippen molar-refractivity contribution in [3.63, 3.8) is 0 Å². The third kappa shape index (κ3) is 3.11. The second-order valence-electron chi connectivity index (χ2n) is 5.37. The first-order valence-corrected chi connectivity index (χ1v) is 8.53. The average molecular weight is 306 g/mol. The maximum absolute atomic E-state index is 12.5. The van der Waals surface area contributed by atoms with Gasteiger partial charge in [0.05, 0.1) is 29.7 Å². The second kappa shape index (κ2) is 5.78. The Hall–Kier alpha value is -1.39. The highest BCUT2D eigenvalue weighted by Crippen LogP contribution is 2.35. The third-order valence-corrected chi connectivity index (χ3v) is 5.38. The highest BCUT2D eigenvalue weighted by molar-refractivity contribution is 7.89. The van der Waals surface area contributed by atoms with Crippen molar-refractivity contribution in [1.29, 1.82) is 0 Å². The quantitative estimate of drug-likeness (QED) is 0.801. The third-order valence-electron chi connectivity index (χ3n) is 3.89. The summed E-state index contributed by atoms with van der Waals surface area (Å²) in [6.45, 7) is 0.248. The van der Waals surface area contributed by atoms with E-state index in [0.29, 0.717) is 5.56 Å². The summed E-state index contributed by atoms with van der Waals surface area (Å²) in [6, 6.07) is 6.48. The molecule has 3 atom stereocenters. The van der Waals surface area contributed by atoms with E-state index >= 15 is 0 Å². The van der Waals surface area contributed by atoms with E-state index in [1.165, 1.54) is 0 Å². The smallest absolute Gasteiger partial charge is 0.240 e. The molecule has 2 aliphatic rings. The first-order chi connectivity index (χ1) is 10.1. The summed E-state index contributed by atoms with van der Waals surface area (Å²) >= 11 is 0.